The van der Waals surface area contributed by atoms with Crippen LogP contribution in [0.3, 0.4) is 0 Å². The first-order chi connectivity index (χ1) is 15.8. The number of anilines is 1. The van der Waals surface area contributed by atoms with Crippen molar-refractivity contribution in [2.45, 2.75) is 30.3 Å². The monoisotopic (exact) mass is 464 g/mol. The van der Waals surface area contributed by atoms with E-state index in [1.807, 2.05) is 18.2 Å². The van der Waals surface area contributed by atoms with Gasteiger partial charge in [-0.15, -0.1) is 0 Å². The van der Waals surface area contributed by atoms with Crippen LogP contribution in [-0.2, 0) is 19.6 Å². The number of methoxy groups -OCH3 is 1. The number of hydrogen-bond donors (Lipinski definition) is 0. The summed E-state index contributed by atoms with van der Waals surface area (Å²) in [5.41, 5.74) is 1.10. The second kappa shape index (κ2) is 9.17. The highest BCUT2D eigenvalue weighted by molar-refractivity contribution is 7.89. The van der Waals surface area contributed by atoms with E-state index in [0.717, 1.165) is 10.5 Å². The molecule has 3 aromatic carbocycles. The van der Waals surface area contributed by atoms with Crippen LogP contribution in [0.5, 0.6) is 5.75 Å². The fourth-order valence-electron chi connectivity index (χ4n) is 4.06. The van der Waals surface area contributed by atoms with Crippen molar-refractivity contribution < 1.29 is 22.7 Å². The van der Waals surface area contributed by atoms with E-state index in [0.29, 0.717) is 11.4 Å². The van der Waals surface area contributed by atoms with Crippen molar-refractivity contribution >= 4 is 27.5 Å². The van der Waals surface area contributed by atoms with Gasteiger partial charge < -0.3 is 4.74 Å². The molecule has 1 aliphatic rings. The molecule has 0 saturated carbocycles. The van der Waals surface area contributed by atoms with E-state index < -0.39 is 33.9 Å². The number of sulfonamides is 1. The Morgan fingerprint density at radius 1 is 0.909 bits per heavy atom. The molecule has 1 heterocycles. The van der Waals surface area contributed by atoms with Crippen molar-refractivity contribution in [3.05, 3.63) is 90.5 Å². The third-order valence-corrected chi connectivity index (χ3v) is 7.74. The molecular weight excluding hydrogens is 440 g/mol. The van der Waals surface area contributed by atoms with E-state index in [9.17, 15) is 18.0 Å². The second-order valence-corrected chi connectivity index (χ2v) is 9.56. The molecule has 4 rings (SSSR count). The lowest BCUT2D eigenvalue weighted by Crippen LogP contribution is -2.46. The van der Waals surface area contributed by atoms with Crippen LogP contribution in [0.25, 0.3) is 0 Å². The summed E-state index contributed by atoms with van der Waals surface area (Å²) in [4.78, 5) is 27.5. The van der Waals surface area contributed by atoms with Crippen molar-refractivity contribution in [3.63, 3.8) is 0 Å². The largest absolute Gasteiger partial charge is 0.497 e. The number of amides is 2. The molecular formula is C25H24N2O5S. The number of rotatable bonds is 7. The first-order valence-corrected chi connectivity index (χ1v) is 11.9. The smallest absolute Gasteiger partial charge is 0.252 e. The molecule has 0 radical (unpaired) electrons. The molecule has 0 N–H and O–H groups in total. The number of carbonyl (C=O) groups excluding carboxylic acids is 2. The van der Waals surface area contributed by atoms with Gasteiger partial charge in [-0.25, -0.2) is 13.3 Å². The number of benzene rings is 3. The minimum Gasteiger partial charge on any atom is -0.497 e. The molecule has 1 fully saturated rings. The number of carbonyl (C=O) groups is 2. The van der Waals surface area contributed by atoms with Crippen LogP contribution < -0.4 is 9.64 Å². The summed E-state index contributed by atoms with van der Waals surface area (Å²) in [6.45, 7) is 1.73. The quantitative estimate of drug-likeness (QED) is 0.497. The second-order valence-electron chi connectivity index (χ2n) is 7.72. The van der Waals surface area contributed by atoms with E-state index >= 15 is 0 Å². The first kappa shape index (κ1) is 22.7. The van der Waals surface area contributed by atoms with Gasteiger partial charge in [0.1, 0.15) is 11.8 Å². The maximum Gasteiger partial charge on any atom is 0.252 e. The topological polar surface area (TPSA) is 84.0 Å². The zero-order chi connectivity index (χ0) is 23.6. The van der Waals surface area contributed by atoms with Crippen molar-refractivity contribution in [2.24, 2.45) is 0 Å². The minimum atomic E-state index is -4.09. The molecule has 0 bridgehead atoms. The molecule has 0 aromatic heterocycles. The molecule has 0 spiro atoms. The van der Waals surface area contributed by atoms with Gasteiger partial charge in [-0.1, -0.05) is 48.5 Å². The standard InChI is InChI=1S/C25H24N2O5S/c1-18(19-9-5-3-6-10-19)27(33(30,31)22-11-7-4-8-12-22)23-17-24(28)26(25(23)29)20-13-15-21(32-2)16-14-20/h3-16,18,23H,17H2,1-2H3. The maximum atomic E-state index is 13.7. The summed E-state index contributed by atoms with van der Waals surface area (Å²) in [5.74, 6) is -0.448. The highest BCUT2D eigenvalue weighted by Gasteiger charge is 2.48. The van der Waals surface area contributed by atoms with Crippen LogP contribution in [0.4, 0.5) is 5.69 Å². The third kappa shape index (κ3) is 4.27. The maximum absolute atomic E-state index is 13.7. The van der Waals surface area contributed by atoms with E-state index in [2.05, 4.69) is 0 Å². The predicted octanol–water partition coefficient (Wildman–Crippen LogP) is 3.78. The Morgan fingerprint density at radius 3 is 2.06 bits per heavy atom. The van der Waals surface area contributed by atoms with Gasteiger partial charge in [-0.2, -0.15) is 4.31 Å². The Kier molecular flexibility index (Phi) is 6.31. The van der Waals surface area contributed by atoms with Gasteiger partial charge in [0.15, 0.2) is 0 Å². The molecule has 7 nitrogen and oxygen atoms in total. The van der Waals surface area contributed by atoms with Crippen LogP contribution in [0.1, 0.15) is 24.9 Å². The summed E-state index contributed by atoms with van der Waals surface area (Å²) in [7, 11) is -2.57. The molecule has 1 aliphatic heterocycles. The molecule has 170 valence electrons. The lowest BCUT2D eigenvalue weighted by molar-refractivity contribution is -0.122. The zero-order valence-electron chi connectivity index (χ0n) is 18.3. The molecule has 33 heavy (non-hydrogen) atoms. The fourth-order valence-corrected chi connectivity index (χ4v) is 5.84. The highest BCUT2D eigenvalue weighted by atomic mass is 32.2. The van der Waals surface area contributed by atoms with Crippen LogP contribution in [0.2, 0.25) is 0 Å². The summed E-state index contributed by atoms with van der Waals surface area (Å²) in [6, 6.07) is 21.7. The summed E-state index contributed by atoms with van der Waals surface area (Å²) >= 11 is 0. The van der Waals surface area contributed by atoms with E-state index in [1.54, 1.807) is 61.5 Å². The van der Waals surface area contributed by atoms with Gasteiger partial charge in [-0.3, -0.25) is 9.59 Å². The Morgan fingerprint density at radius 2 is 1.48 bits per heavy atom. The van der Waals surface area contributed by atoms with Crippen LogP contribution in [-0.4, -0.2) is 37.7 Å². The van der Waals surface area contributed by atoms with Crippen molar-refractivity contribution in [3.8, 4) is 5.75 Å². The Bertz CT molecular complexity index is 1240. The van der Waals surface area contributed by atoms with Gasteiger partial charge in [0.05, 0.1) is 24.1 Å². The van der Waals surface area contributed by atoms with E-state index in [1.165, 1.54) is 23.5 Å². The van der Waals surface area contributed by atoms with Crippen LogP contribution in [0, 0.1) is 0 Å². The van der Waals surface area contributed by atoms with Crippen molar-refractivity contribution in [2.75, 3.05) is 12.0 Å². The average Bonchev–Trinajstić information content (AvgIpc) is 3.13. The number of imide groups is 1. The van der Waals surface area contributed by atoms with Gasteiger partial charge in [0.2, 0.25) is 15.9 Å². The average molecular weight is 465 g/mol. The Hall–Kier alpha value is -3.49. The highest BCUT2D eigenvalue weighted by Crippen LogP contribution is 2.35. The lowest BCUT2D eigenvalue weighted by atomic mass is 10.1. The van der Waals surface area contributed by atoms with Gasteiger partial charge >= 0.3 is 0 Å². The predicted molar refractivity (Wildman–Crippen MR) is 124 cm³/mol. The number of hydrogen-bond acceptors (Lipinski definition) is 5. The summed E-state index contributed by atoms with van der Waals surface area (Å²) in [5, 5.41) is 0. The molecule has 0 aliphatic carbocycles. The lowest BCUT2D eigenvalue weighted by Gasteiger charge is -2.32. The summed E-state index contributed by atoms with van der Waals surface area (Å²) < 4.78 is 33.8. The number of nitrogens with zero attached hydrogens (tertiary/aromatic N) is 2. The van der Waals surface area contributed by atoms with Gasteiger partial charge in [0.25, 0.3) is 5.91 Å². The minimum absolute atomic E-state index is 0.0657. The van der Waals surface area contributed by atoms with Crippen molar-refractivity contribution in [1.82, 2.24) is 4.31 Å². The van der Waals surface area contributed by atoms with Crippen LogP contribution >= 0.6 is 0 Å². The molecule has 1 saturated heterocycles. The fraction of sp³-hybridized carbons (Fsp3) is 0.200. The Labute approximate surface area is 193 Å². The van der Waals surface area contributed by atoms with Crippen molar-refractivity contribution in [1.29, 1.82) is 0 Å². The number of ether oxygens (including phenoxy) is 1. The first-order valence-electron chi connectivity index (χ1n) is 10.5. The van der Waals surface area contributed by atoms with E-state index in [4.69, 9.17) is 4.74 Å². The Balaban J connectivity index is 1.77. The van der Waals surface area contributed by atoms with E-state index in [-0.39, 0.29) is 11.3 Å². The van der Waals surface area contributed by atoms with Crippen LogP contribution in [0.15, 0.2) is 89.8 Å². The molecule has 3 aromatic rings. The normalized spacial score (nSPS) is 17.4. The van der Waals surface area contributed by atoms with Gasteiger partial charge in [-0.05, 0) is 48.9 Å². The summed E-state index contributed by atoms with van der Waals surface area (Å²) in [6.07, 6.45) is -0.242. The van der Waals surface area contributed by atoms with Gasteiger partial charge in [0, 0.05) is 6.04 Å². The molecule has 2 atom stereocenters. The SMILES string of the molecule is COc1ccc(N2C(=O)CC(N(C(C)c3ccccc3)S(=O)(=O)c3ccccc3)C2=O)cc1. The zero-order valence-corrected chi connectivity index (χ0v) is 19.1. The molecule has 8 heteroatoms. The molecule has 2 amide bonds. The molecule has 2 unspecified atom stereocenters. The third-order valence-electron chi connectivity index (χ3n) is 5.74.